The molecule has 0 aromatic carbocycles. The Balaban J connectivity index is 1.69. The molecule has 0 spiro atoms. The second-order valence-electron chi connectivity index (χ2n) is 5.69. The van der Waals surface area contributed by atoms with Crippen LogP contribution in [0.1, 0.15) is 30.9 Å². The molecular weight excluding hydrogens is 228 g/mol. The zero-order chi connectivity index (χ0) is 12.5. The minimum absolute atomic E-state index is 0.271. The molecule has 1 saturated heterocycles. The number of aromatic nitrogens is 3. The summed E-state index contributed by atoms with van der Waals surface area (Å²) < 4.78 is 2.04. The SMILES string of the molecule is CN1CCCC1Cc1nc2n(n1)CCC(CO)C2. The normalized spacial score (nSPS) is 28.6. The molecule has 1 aromatic heterocycles. The standard InChI is InChI=1S/C13H22N4O/c1-16-5-2-3-11(16)8-12-14-13-7-10(9-18)4-6-17(13)15-12/h10-11,18H,2-9H2,1H3. The molecule has 0 amide bonds. The number of fused-ring (bicyclic) bond motifs is 1. The Morgan fingerprint density at radius 1 is 1.33 bits per heavy atom. The van der Waals surface area contributed by atoms with Crippen molar-refractivity contribution in [1.82, 2.24) is 19.7 Å². The third-order valence-corrected chi connectivity index (χ3v) is 4.36. The van der Waals surface area contributed by atoms with Crippen LogP contribution in [0.3, 0.4) is 0 Å². The highest BCUT2D eigenvalue weighted by molar-refractivity contribution is 5.00. The summed E-state index contributed by atoms with van der Waals surface area (Å²) in [4.78, 5) is 7.07. The van der Waals surface area contributed by atoms with Gasteiger partial charge in [-0.1, -0.05) is 0 Å². The Labute approximate surface area is 108 Å². The summed E-state index contributed by atoms with van der Waals surface area (Å²) in [5, 5.41) is 13.8. The van der Waals surface area contributed by atoms with Crippen LogP contribution in [0, 0.1) is 5.92 Å². The minimum atomic E-state index is 0.271. The van der Waals surface area contributed by atoms with Crippen LogP contribution in [-0.4, -0.2) is 51.0 Å². The molecule has 0 saturated carbocycles. The van der Waals surface area contributed by atoms with E-state index in [1.54, 1.807) is 0 Å². The van der Waals surface area contributed by atoms with Gasteiger partial charge in [-0.05, 0) is 38.8 Å². The van der Waals surface area contributed by atoms with Gasteiger partial charge in [0.1, 0.15) is 5.82 Å². The topological polar surface area (TPSA) is 54.2 Å². The monoisotopic (exact) mass is 250 g/mol. The molecule has 1 N–H and O–H groups in total. The average molecular weight is 250 g/mol. The van der Waals surface area contributed by atoms with E-state index in [9.17, 15) is 5.11 Å². The maximum atomic E-state index is 9.22. The van der Waals surface area contributed by atoms with E-state index in [1.807, 2.05) is 4.68 Å². The van der Waals surface area contributed by atoms with Gasteiger partial charge in [0.15, 0.2) is 5.82 Å². The third kappa shape index (κ3) is 2.29. The lowest BCUT2D eigenvalue weighted by Gasteiger charge is -2.19. The molecule has 18 heavy (non-hydrogen) atoms. The van der Waals surface area contributed by atoms with E-state index in [-0.39, 0.29) is 6.61 Å². The fourth-order valence-electron chi connectivity index (χ4n) is 3.11. The first-order chi connectivity index (χ1) is 8.76. The lowest BCUT2D eigenvalue weighted by Crippen LogP contribution is -2.27. The van der Waals surface area contributed by atoms with E-state index >= 15 is 0 Å². The predicted molar refractivity (Wildman–Crippen MR) is 68.3 cm³/mol. The van der Waals surface area contributed by atoms with Gasteiger partial charge in [0, 0.05) is 32.0 Å². The number of aryl methyl sites for hydroxylation is 1. The molecule has 0 radical (unpaired) electrons. The number of hydrogen-bond acceptors (Lipinski definition) is 4. The zero-order valence-corrected chi connectivity index (χ0v) is 11.0. The fraction of sp³-hybridized carbons (Fsp3) is 0.846. The molecule has 2 atom stereocenters. The maximum Gasteiger partial charge on any atom is 0.152 e. The molecule has 1 aromatic rings. The van der Waals surface area contributed by atoms with Crippen molar-refractivity contribution in [2.45, 2.75) is 44.7 Å². The lowest BCUT2D eigenvalue weighted by molar-refractivity contribution is 0.196. The molecule has 3 heterocycles. The van der Waals surface area contributed by atoms with Crippen molar-refractivity contribution in [1.29, 1.82) is 0 Å². The van der Waals surface area contributed by atoms with Crippen LogP contribution in [0.25, 0.3) is 0 Å². The van der Waals surface area contributed by atoms with Gasteiger partial charge in [-0.2, -0.15) is 5.10 Å². The van der Waals surface area contributed by atoms with Crippen LogP contribution >= 0.6 is 0 Å². The van der Waals surface area contributed by atoms with E-state index in [0.717, 1.165) is 37.5 Å². The van der Waals surface area contributed by atoms with Crippen LogP contribution in [0.4, 0.5) is 0 Å². The number of aliphatic hydroxyl groups excluding tert-OH is 1. The average Bonchev–Trinajstić information content (AvgIpc) is 2.95. The van der Waals surface area contributed by atoms with Crippen LogP contribution in [0.5, 0.6) is 0 Å². The second kappa shape index (κ2) is 4.97. The summed E-state index contributed by atoms with van der Waals surface area (Å²) in [5.74, 6) is 2.43. The van der Waals surface area contributed by atoms with Crippen molar-refractivity contribution in [3.63, 3.8) is 0 Å². The summed E-state index contributed by atoms with van der Waals surface area (Å²) in [6, 6.07) is 0.614. The molecule has 2 unspecified atom stereocenters. The number of likely N-dealkylation sites (N-methyl/N-ethyl adjacent to an activating group) is 1. The minimum Gasteiger partial charge on any atom is -0.396 e. The van der Waals surface area contributed by atoms with Crippen molar-refractivity contribution in [3.8, 4) is 0 Å². The van der Waals surface area contributed by atoms with E-state index in [0.29, 0.717) is 12.0 Å². The van der Waals surface area contributed by atoms with E-state index in [2.05, 4.69) is 22.0 Å². The van der Waals surface area contributed by atoms with Crippen LogP contribution < -0.4 is 0 Å². The van der Waals surface area contributed by atoms with Gasteiger partial charge in [0.05, 0.1) is 0 Å². The first-order valence-electron chi connectivity index (χ1n) is 7.00. The van der Waals surface area contributed by atoms with E-state index in [4.69, 9.17) is 0 Å². The highest BCUT2D eigenvalue weighted by Crippen LogP contribution is 2.21. The Kier molecular flexibility index (Phi) is 3.35. The molecular formula is C13H22N4O. The largest absolute Gasteiger partial charge is 0.396 e. The number of rotatable bonds is 3. The summed E-state index contributed by atoms with van der Waals surface area (Å²) in [7, 11) is 2.19. The maximum absolute atomic E-state index is 9.22. The number of nitrogens with zero attached hydrogens (tertiary/aromatic N) is 4. The van der Waals surface area contributed by atoms with Crippen LogP contribution in [0.2, 0.25) is 0 Å². The Morgan fingerprint density at radius 2 is 2.22 bits per heavy atom. The van der Waals surface area contributed by atoms with Gasteiger partial charge in [0.2, 0.25) is 0 Å². The molecule has 0 bridgehead atoms. The first-order valence-corrected chi connectivity index (χ1v) is 7.00. The molecule has 2 aliphatic rings. The molecule has 100 valence electrons. The zero-order valence-electron chi connectivity index (χ0n) is 11.0. The highest BCUT2D eigenvalue weighted by atomic mass is 16.3. The summed E-state index contributed by atoms with van der Waals surface area (Å²) in [5.41, 5.74) is 0. The van der Waals surface area contributed by atoms with E-state index < -0.39 is 0 Å². The van der Waals surface area contributed by atoms with Crippen molar-refractivity contribution < 1.29 is 5.11 Å². The quantitative estimate of drug-likeness (QED) is 0.847. The molecule has 0 aliphatic carbocycles. The molecule has 1 fully saturated rings. The lowest BCUT2D eigenvalue weighted by atomic mass is 9.99. The van der Waals surface area contributed by atoms with Gasteiger partial charge >= 0.3 is 0 Å². The molecule has 5 nitrogen and oxygen atoms in total. The Morgan fingerprint density at radius 3 is 2.94 bits per heavy atom. The van der Waals surface area contributed by atoms with Crippen molar-refractivity contribution in [3.05, 3.63) is 11.6 Å². The van der Waals surface area contributed by atoms with Gasteiger partial charge in [-0.3, -0.25) is 0 Å². The van der Waals surface area contributed by atoms with Crippen LogP contribution in [0.15, 0.2) is 0 Å². The van der Waals surface area contributed by atoms with Gasteiger partial charge in [-0.15, -0.1) is 0 Å². The molecule has 2 aliphatic heterocycles. The summed E-state index contributed by atoms with van der Waals surface area (Å²) in [6.45, 7) is 2.38. The van der Waals surface area contributed by atoms with Gasteiger partial charge in [0.25, 0.3) is 0 Å². The van der Waals surface area contributed by atoms with Gasteiger partial charge < -0.3 is 10.0 Å². The third-order valence-electron chi connectivity index (χ3n) is 4.36. The van der Waals surface area contributed by atoms with Crippen molar-refractivity contribution in [2.75, 3.05) is 20.2 Å². The first kappa shape index (κ1) is 12.1. The van der Waals surface area contributed by atoms with Crippen LogP contribution in [-0.2, 0) is 19.4 Å². The molecule has 5 heteroatoms. The van der Waals surface area contributed by atoms with Gasteiger partial charge in [-0.25, -0.2) is 9.67 Å². The summed E-state index contributed by atoms with van der Waals surface area (Å²) >= 11 is 0. The fourth-order valence-corrected chi connectivity index (χ4v) is 3.11. The number of aliphatic hydroxyl groups is 1. The van der Waals surface area contributed by atoms with Crippen molar-refractivity contribution in [2.24, 2.45) is 5.92 Å². The second-order valence-corrected chi connectivity index (χ2v) is 5.69. The summed E-state index contributed by atoms with van der Waals surface area (Å²) in [6.07, 6.45) is 5.43. The number of hydrogen-bond donors (Lipinski definition) is 1. The number of likely N-dealkylation sites (tertiary alicyclic amines) is 1. The molecule has 3 rings (SSSR count). The Hall–Kier alpha value is -0.940. The van der Waals surface area contributed by atoms with E-state index in [1.165, 1.54) is 19.4 Å². The predicted octanol–water partition coefficient (Wildman–Crippen LogP) is 0.469. The highest BCUT2D eigenvalue weighted by Gasteiger charge is 2.25. The smallest absolute Gasteiger partial charge is 0.152 e. The Bertz CT molecular complexity index is 417. The van der Waals surface area contributed by atoms with Crippen molar-refractivity contribution >= 4 is 0 Å².